The quantitative estimate of drug-likeness (QED) is 0.777. The zero-order valence-electron chi connectivity index (χ0n) is 12.6. The third-order valence-electron chi connectivity index (χ3n) is 3.85. The van der Waals surface area contributed by atoms with Crippen molar-refractivity contribution < 1.29 is 9.52 Å². The molecule has 23 heavy (non-hydrogen) atoms. The maximum Gasteiger partial charge on any atom is 0.226 e. The van der Waals surface area contributed by atoms with E-state index in [0.717, 1.165) is 29.3 Å². The number of furan rings is 1. The predicted molar refractivity (Wildman–Crippen MR) is 86.0 cm³/mol. The highest BCUT2D eigenvalue weighted by Crippen LogP contribution is 2.35. The van der Waals surface area contributed by atoms with Crippen molar-refractivity contribution in [3.8, 4) is 5.75 Å². The summed E-state index contributed by atoms with van der Waals surface area (Å²) in [6.45, 7) is 2.01. The fourth-order valence-electron chi connectivity index (χ4n) is 2.71. The zero-order chi connectivity index (χ0) is 15.8. The number of aromatic nitrogens is 3. The van der Waals surface area contributed by atoms with E-state index in [9.17, 15) is 5.11 Å². The van der Waals surface area contributed by atoms with Crippen molar-refractivity contribution in [3.63, 3.8) is 0 Å². The lowest BCUT2D eigenvalue weighted by atomic mass is 10.1. The Balaban J connectivity index is 1.85. The van der Waals surface area contributed by atoms with Crippen LogP contribution in [0.2, 0.25) is 0 Å². The van der Waals surface area contributed by atoms with E-state index in [-0.39, 0.29) is 11.8 Å². The molecule has 0 unspecified atom stereocenters. The molecule has 6 heteroatoms. The maximum atomic E-state index is 10.1. The van der Waals surface area contributed by atoms with Crippen molar-refractivity contribution in [3.05, 3.63) is 65.9 Å². The molecule has 6 nitrogen and oxygen atoms in total. The monoisotopic (exact) mass is 308 g/mol. The number of allylic oxidation sites excluding steroid dienone is 1. The number of para-hydroxylation sites is 1. The fourth-order valence-corrected chi connectivity index (χ4v) is 2.71. The van der Waals surface area contributed by atoms with Crippen molar-refractivity contribution in [2.45, 2.75) is 19.4 Å². The molecule has 0 saturated heterocycles. The van der Waals surface area contributed by atoms with Gasteiger partial charge in [-0.1, -0.05) is 19.1 Å². The van der Waals surface area contributed by atoms with Crippen molar-refractivity contribution >= 4 is 11.6 Å². The van der Waals surface area contributed by atoms with Gasteiger partial charge in [-0.05, 0) is 30.3 Å². The summed E-state index contributed by atoms with van der Waals surface area (Å²) in [5, 5.41) is 17.9. The highest BCUT2D eigenvalue weighted by Gasteiger charge is 2.27. The van der Waals surface area contributed by atoms with Gasteiger partial charge in [-0.2, -0.15) is 10.1 Å². The predicted octanol–water partition coefficient (Wildman–Crippen LogP) is 3.20. The Bertz CT molecular complexity index is 865. The number of phenolic OH excluding ortho intramolecular Hbond substituents is 1. The van der Waals surface area contributed by atoms with Crippen molar-refractivity contribution in [1.82, 2.24) is 14.8 Å². The molecule has 0 spiro atoms. The number of phenols is 1. The van der Waals surface area contributed by atoms with Crippen LogP contribution in [0.1, 0.15) is 30.1 Å². The first-order valence-electron chi connectivity index (χ1n) is 7.52. The molecule has 116 valence electrons. The number of aromatic hydroxyl groups is 1. The molecule has 0 amide bonds. The first-order valence-corrected chi connectivity index (χ1v) is 7.52. The third-order valence-corrected chi connectivity index (χ3v) is 3.85. The largest absolute Gasteiger partial charge is 0.507 e. The van der Waals surface area contributed by atoms with Crippen LogP contribution in [0.25, 0.3) is 5.70 Å². The Kier molecular flexibility index (Phi) is 3.15. The minimum atomic E-state index is -0.205. The van der Waals surface area contributed by atoms with Crippen LogP contribution >= 0.6 is 0 Å². The van der Waals surface area contributed by atoms with Gasteiger partial charge in [0.15, 0.2) is 5.82 Å². The molecule has 0 bridgehead atoms. The van der Waals surface area contributed by atoms with Gasteiger partial charge in [-0.15, -0.1) is 0 Å². The van der Waals surface area contributed by atoms with Gasteiger partial charge in [0.25, 0.3) is 0 Å². The SMILES string of the molecule is CCc1nc2n(n1)[C@H](c1ccco1)C=C(c1ccccc1O)N2. The van der Waals surface area contributed by atoms with Gasteiger partial charge >= 0.3 is 0 Å². The van der Waals surface area contributed by atoms with Gasteiger partial charge < -0.3 is 14.8 Å². The summed E-state index contributed by atoms with van der Waals surface area (Å²) in [5.74, 6) is 2.39. The molecule has 0 saturated carbocycles. The van der Waals surface area contributed by atoms with Crippen LogP contribution in [-0.4, -0.2) is 19.9 Å². The second-order valence-corrected chi connectivity index (χ2v) is 5.33. The number of fused-ring (bicyclic) bond motifs is 1. The lowest BCUT2D eigenvalue weighted by molar-refractivity contribution is 0.446. The van der Waals surface area contributed by atoms with Crippen LogP contribution in [0.4, 0.5) is 5.95 Å². The minimum Gasteiger partial charge on any atom is -0.507 e. The Morgan fingerprint density at radius 1 is 1.26 bits per heavy atom. The van der Waals surface area contributed by atoms with E-state index in [2.05, 4.69) is 15.4 Å². The second-order valence-electron chi connectivity index (χ2n) is 5.33. The molecular weight excluding hydrogens is 292 g/mol. The molecule has 3 heterocycles. The van der Waals surface area contributed by atoms with Crippen LogP contribution in [0, 0.1) is 0 Å². The lowest BCUT2D eigenvalue weighted by Gasteiger charge is -2.23. The van der Waals surface area contributed by atoms with Crippen LogP contribution in [0.3, 0.4) is 0 Å². The average Bonchev–Trinajstić information content (AvgIpc) is 3.23. The lowest BCUT2D eigenvalue weighted by Crippen LogP contribution is -2.19. The Hall–Kier alpha value is -3.02. The Morgan fingerprint density at radius 3 is 2.87 bits per heavy atom. The number of aryl methyl sites for hydroxylation is 1. The smallest absolute Gasteiger partial charge is 0.226 e. The fraction of sp³-hybridized carbons (Fsp3) is 0.176. The topological polar surface area (TPSA) is 76.1 Å². The maximum absolute atomic E-state index is 10.1. The van der Waals surface area contributed by atoms with Crippen LogP contribution in [0.5, 0.6) is 5.75 Å². The standard InChI is InChI=1S/C17H16N4O2/c1-2-16-19-17-18-12(11-6-3-4-7-14(11)22)10-13(21(17)20-16)15-8-5-9-23-15/h3-10,13,22H,2H2,1H3,(H,18,19,20)/t13-/m0/s1. The molecule has 2 N–H and O–H groups in total. The summed E-state index contributed by atoms with van der Waals surface area (Å²) in [4.78, 5) is 4.51. The normalized spacial score (nSPS) is 16.6. The first kappa shape index (κ1) is 13.6. The van der Waals surface area contributed by atoms with E-state index in [1.165, 1.54) is 0 Å². The van der Waals surface area contributed by atoms with E-state index in [4.69, 9.17) is 4.42 Å². The van der Waals surface area contributed by atoms with E-state index in [1.54, 1.807) is 23.1 Å². The molecule has 1 aromatic carbocycles. The van der Waals surface area contributed by atoms with Gasteiger partial charge in [-0.25, -0.2) is 4.68 Å². The first-order chi connectivity index (χ1) is 11.3. The van der Waals surface area contributed by atoms with Gasteiger partial charge in [0.1, 0.15) is 17.6 Å². The molecule has 1 aliphatic rings. The molecular formula is C17H16N4O2. The van der Waals surface area contributed by atoms with Crippen LogP contribution in [0.15, 0.2) is 53.2 Å². The van der Waals surface area contributed by atoms with Crippen molar-refractivity contribution in [1.29, 1.82) is 0 Å². The van der Waals surface area contributed by atoms with Crippen molar-refractivity contribution in [2.24, 2.45) is 0 Å². The molecule has 0 aliphatic carbocycles. The van der Waals surface area contributed by atoms with Gasteiger partial charge in [0, 0.05) is 12.0 Å². The number of hydrogen-bond donors (Lipinski definition) is 2. The average molecular weight is 308 g/mol. The van der Waals surface area contributed by atoms with Crippen LogP contribution in [-0.2, 0) is 6.42 Å². The van der Waals surface area contributed by atoms with E-state index in [1.807, 2.05) is 37.3 Å². The third kappa shape index (κ3) is 2.28. The highest BCUT2D eigenvalue weighted by molar-refractivity contribution is 5.79. The van der Waals surface area contributed by atoms with Gasteiger partial charge in [0.05, 0.1) is 12.0 Å². The summed E-state index contributed by atoms with van der Waals surface area (Å²) >= 11 is 0. The molecule has 1 atom stereocenters. The molecule has 3 aromatic rings. The molecule has 0 fully saturated rings. The number of rotatable bonds is 3. The summed E-state index contributed by atoms with van der Waals surface area (Å²) in [5.41, 5.74) is 1.50. The second kappa shape index (κ2) is 5.31. The number of benzene rings is 1. The number of nitrogens with one attached hydrogen (secondary N) is 1. The van der Waals surface area contributed by atoms with E-state index < -0.39 is 0 Å². The highest BCUT2D eigenvalue weighted by atomic mass is 16.3. The summed E-state index contributed by atoms with van der Waals surface area (Å²) in [6, 6.07) is 10.8. The minimum absolute atomic E-state index is 0.205. The van der Waals surface area contributed by atoms with Crippen molar-refractivity contribution in [2.75, 3.05) is 5.32 Å². The molecule has 0 radical (unpaired) electrons. The molecule has 4 rings (SSSR count). The number of hydrogen-bond acceptors (Lipinski definition) is 5. The summed E-state index contributed by atoms with van der Waals surface area (Å²) in [7, 11) is 0. The van der Waals surface area contributed by atoms with E-state index >= 15 is 0 Å². The van der Waals surface area contributed by atoms with E-state index in [0.29, 0.717) is 5.95 Å². The molecule has 2 aromatic heterocycles. The number of anilines is 1. The Labute approximate surface area is 133 Å². The van der Waals surface area contributed by atoms with Gasteiger partial charge in [0.2, 0.25) is 5.95 Å². The molecule has 1 aliphatic heterocycles. The summed E-state index contributed by atoms with van der Waals surface area (Å²) in [6.07, 6.45) is 4.37. The van der Waals surface area contributed by atoms with Gasteiger partial charge in [-0.3, -0.25) is 0 Å². The zero-order valence-corrected chi connectivity index (χ0v) is 12.6. The number of nitrogens with zero attached hydrogens (tertiary/aromatic N) is 3. The van der Waals surface area contributed by atoms with Crippen LogP contribution < -0.4 is 5.32 Å². The Morgan fingerprint density at radius 2 is 2.13 bits per heavy atom. The summed E-state index contributed by atoms with van der Waals surface area (Å²) < 4.78 is 7.37.